The fourth-order valence-corrected chi connectivity index (χ4v) is 3.72. The van der Waals surface area contributed by atoms with Gasteiger partial charge < -0.3 is 4.57 Å². The largest absolute Gasteiger partial charge is 0.342 e. The molecule has 0 aliphatic heterocycles. The number of para-hydroxylation sites is 1. The normalized spacial score (nSPS) is 12.5. The lowest BCUT2D eigenvalue weighted by molar-refractivity contribution is -0.116. The van der Waals surface area contributed by atoms with E-state index < -0.39 is 0 Å². The highest BCUT2D eigenvalue weighted by molar-refractivity contribution is 8.00. The molecule has 0 saturated heterocycles. The second-order valence-electron chi connectivity index (χ2n) is 5.94. The summed E-state index contributed by atoms with van der Waals surface area (Å²) in [4.78, 5) is 12.8. The number of nitrogens with zero attached hydrogens (tertiary/aromatic N) is 1. The van der Waals surface area contributed by atoms with Crippen molar-refractivity contribution in [1.82, 2.24) is 4.57 Å². The minimum atomic E-state index is -0.0206. The first kappa shape index (κ1) is 15.9. The molecular weight excluding hydrogens is 302 g/mol. The molecule has 1 atom stereocenters. The molecule has 0 aliphatic rings. The Morgan fingerprint density at radius 1 is 1.13 bits per heavy atom. The van der Waals surface area contributed by atoms with Gasteiger partial charge in [0.25, 0.3) is 0 Å². The van der Waals surface area contributed by atoms with Crippen LogP contribution in [0.4, 0.5) is 0 Å². The van der Waals surface area contributed by atoms with Gasteiger partial charge >= 0.3 is 0 Å². The molecule has 3 heteroatoms. The maximum atomic E-state index is 11.6. The molecule has 1 heterocycles. The second-order valence-corrected chi connectivity index (χ2v) is 7.32. The van der Waals surface area contributed by atoms with Crippen molar-refractivity contribution >= 4 is 28.4 Å². The molecule has 118 valence electrons. The molecule has 0 N–H and O–H groups in total. The number of carbonyl (C=O) groups is 1. The zero-order valence-corrected chi connectivity index (χ0v) is 14.6. The summed E-state index contributed by atoms with van der Waals surface area (Å²) in [5.41, 5.74) is 3.84. The smallest absolute Gasteiger partial charge is 0.142 e. The monoisotopic (exact) mass is 323 g/mol. The zero-order valence-electron chi connectivity index (χ0n) is 13.7. The van der Waals surface area contributed by atoms with Gasteiger partial charge in [-0.1, -0.05) is 42.5 Å². The zero-order chi connectivity index (χ0) is 16.4. The van der Waals surface area contributed by atoms with E-state index in [0.29, 0.717) is 0 Å². The number of rotatable bonds is 5. The van der Waals surface area contributed by atoms with Gasteiger partial charge in [0, 0.05) is 28.5 Å². The third kappa shape index (κ3) is 3.35. The lowest BCUT2D eigenvalue weighted by Gasteiger charge is -2.08. The highest BCUT2D eigenvalue weighted by Crippen LogP contribution is 2.33. The van der Waals surface area contributed by atoms with Gasteiger partial charge in [0.2, 0.25) is 0 Å². The van der Waals surface area contributed by atoms with E-state index in [4.69, 9.17) is 0 Å². The molecule has 0 radical (unpaired) electrons. The molecule has 1 unspecified atom stereocenters. The molecular formula is C20H21NOS. The predicted octanol–water partition coefficient (Wildman–Crippen LogP) is 5.07. The summed E-state index contributed by atoms with van der Waals surface area (Å²) in [6.07, 6.45) is 2.18. The number of ketones is 1. The van der Waals surface area contributed by atoms with Gasteiger partial charge in [-0.3, -0.25) is 4.79 Å². The van der Waals surface area contributed by atoms with Gasteiger partial charge in [0.15, 0.2) is 0 Å². The van der Waals surface area contributed by atoms with Crippen molar-refractivity contribution in [3.63, 3.8) is 0 Å². The Bertz CT molecular complexity index is 850. The molecule has 0 bridgehead atoms. The first-order valence-corrected chi connectivity index (χ1v) is 8.73. The van der Waals surface area contributed by atoms with E-state index in [1.54, 1.807) is 18.7 Å². The van der Waals surface area contributed by atoms with E-state index in [0.717, 1.165) is 6.54 Å². The van der Waals surface area contributed by atoms with Crippen LogP contribution in [0.25, 0.3) is 10.9 Å². The molecule has 2 nitrogen and oxygen atoms in total. The van der Waals surface area contributed by atoms with Crippen LogP contribution >= 0.6 is 11.8 Å². The summed E-state index contributed by atoms with van der Waals surface area (Å²) < 4.78 is 2.28. The van der Waals surface area contributed by atoms with Crippen molar-refractivity contribution in [3.8, 4) is 0 Å². The minimum Gasteiger partial charge on any atom is -0.342 e. The van der Waals surface area contributed by atoms with E-state index in [2.05, 4.69) is 66.2 Å². The molecule has 0 saturated carbocycles. The third-order valence-corrected chi connectivity index (χ3v) is 5.49. The number of fused-ring (bicyclic) bond motifs is 1. The quantitative estimate of drug-likeness (QED) is 0.612. The van der Waals surface area contributed by atoms with E-state index in [1.807, 2.05) is 6.92 Å². The summed E-state index contributed by atoms with van der Waals surface area (Å²) in [5.74, 6) is 0.214. The summed E-state index contributed by atoms with van der Waals surface area (Å²) in [5, 5.41) is 1.20. The molecule has 0 aliphatic carbocycles. The van der Waals surface area contributed by atoms with Crippen LogP contribution in [0, 0.1) is 6.92 Å². The van der Waals surface area contributed by atoms with E-state index >= 15 is 0 Å². The third-order valence-electron chi connectivity index (χ3n) is 4.23. The Labute approximate surface area is 141 Å². The van der Waals surface area contributed by atoms with Gasteiger partial charge in [-0.05, 0) is 38.0 Å². The van der Waals surface area contributed by atoms with Gasteiger partial charge in [0.05, 0.1) is 5.25 Å². The van der Waals surface area contributed by atoms with Crippen LogP contribution in [-0.2, 0) is 11.3 Å². The summed E-state index contributed by atoms with van der Waals surface area (Å²) >= 11 is 1.65. The van der Waals surface area contributed by atoms with Crippen molar-refractivity contribution in [2.45, 2.75) is 37.5 Å². The van der Waals surface area contributed by atoms with E-state index in [-0.39, 0.29) is 11.0 Å². The average molecular weight is 323 g/mol. The average Bonchev–Trinajstić information content (AvgIpc) is 2.88. The molecule has 2 aromatic carbocycles. The molecule has 3 aromatic rings. The van der Waals surface area contributed by atoms with Crippen LogP contribution in [0.1, 0.15) is 25.0 Å². The number of carbonyl (C=O) groups excluding carboxylic acids is 1. The van der Waals surface area contributed by atoms with E-state index in [1.165, 1.54) is 26.9 Å². The van der Waals surface area contributed by atoms with Crippen LogP contribution in [0.15, 0.2) is 59.6 Å². The number of Topliss-reactive ketones (excluding diaryl/α,β-unsaturated/α-hetero) is 1. The predicted molar refractivity (Wildman–Crippen MR) is 98.2 cm³/mol. The summed E-state index contributed by atoms with van der Waals surface area (Å²) in [6.45, 7) is 6.63. The number of benzene rings is 2. The van der Waals surface area contributed by atoms with Crippen molar-refractivity contribution in [1.29, 1.82) is 0 Å². The molecule has 0 amide bonds. The highest BCUT2D eigenvalue weighted by Gasteiger charge is 2.15. The topological polar surface area (TPSA) is 22.0 Å². The second kappa shape index (κ2) is 6.63. The number of aromatic nitrogens is 1. The first-order valence-electron chi connectivity index (χ1n) is 7.85. The minimum absolute atomic E-state index is 0.0206. The number of hydrogen-bond acceptors (Lipinski definition) is 2. The van der Waals surface area contributed by atoms with Crippen LogP contribution in [-0.4, -0.2) is 15.6 Å². The molecule has 0 spiro atoms. The van der Waals surface area contributed by atoms with Crippen LogP contribution < -0.4 is 0 Å². The Kier molecular flexibility index (Phi) is 4.58. The Morgan fingerprint density at radius 2 is 1.83 bits per heavy atom. The van der Waals surface area contributed by atoms with Gasteiger partial charge in [-0.2, -0.15) is 0 Å². The van der Waals surface area contributed by atoms with Crippen LogP contribution in [0.3, 0.4) is 0 Å². The SMILES string of the molecule is CC(=O)C(C)Sc1cn(Cc2ccccc2C)c2ccccc12. The fraction of sp³-hybridized carbons (Fsp3) is 0.250. The fourth-order valence-electron chi connectivity index (χ4n) is 2.68. The Hall–Kier alpha value is -2.00. The summed E-state index contributed by atoms with van der Waals surface area (Å²) in [6, 6.07) is 16.9. The van der Waals surface area contributed by atoms with Crippen LogP contribution in [0.5, 0.6) is 0 Å². The molecule has 0 fully saturated rings. The van der Waals surface area contributed by atoms with E-state index in [9.17, 15) is 4.79 Å². The van der Waals surface area contributed by atoms with Crippen molar-refractivity contribution < 1.29 is 4.79 Å². The maximum Gasteiger partial charge on any atom is 0.142 e. The van der Waals surface area contributed by atoms with Gasteiger partial charge in [-0.15, -0.1) is 11.8 Å². The first-order chi connectivity index (χ1) is 11.1. The Morgan fingerprint density at radius 3 is 2.57 bits per heavy atom. The van der Waals surface area contributed by atoms with Crippen molar-refractivity contribution in [2.24, 2.45) is 0 Å². The van der Waals surface area contributed by atoms with Crippen LogP contribution in [0.2, 0.25) is 0 Å². The number of aryl methyl sites for hydroxylation is 1. The lowest BCUT2D eigenvalue weighted by atomic mass is 10.1. The van der Waals surface area contributed by atoms with Gasteiger partial charge in [0.1, 0.15) is 5.78 Å². The Balaban J connectivity index is 2.01. The maximum absolute atomic E-state index is 11.6. The lowest BCUT2D eigenvalue weighted by Crippen LogP contribution is -2.07. The number of thioether (sulfide) groups is 1. The van der Waals surface area contributed by atoms with Crippen molar-refractivity contribution in [2.75, 3.05) is 0 Å². The van der Waals surface area contributed by atoms with Crippen molar-refractivity contribution in [3.05, 3.63) is 65.9 Å². The molecule has 3 rings (SSSR count). The highest BCUT2D eigenvalue weighted by atomic mass is 32.2. The summed E-state index contributed by atoms with van der Waals surface area (Å²) in [7, 11) is 0. The number of hydrogen-bond donors (Lipinski definition) is 0. The standard InChI is InChI=1S/C20H21NOS/c1-14-8-4-5-9-17(14)12-21-13-20(23-16(3)15(2)22)18-10-6-7-11-19(18)21/h4-11,13,16H,12H2,1-3H3. The molecule has 23 heavy (non-hydrogen) atoms. The van der Waals surface area contributed by atoms with Gasteiger partial charge in [-0.25, -0.2) is 0 Å². The molecule has 1 aromatic heterocycles.